The van der Waals surface area contributed by atoms with Crippen molar-refractivity contribution in [2.45, 2.75) is 39.5 Å². The Morgan fingerprint density at radius 3 is 1.76 bits per heavy atom. The second-order valence-corrected chi connectivity index (χ2v) is 4.22. The summed E-state index contributed by atoms with van der Waals surface area (Å²) in [6.07, 6.45) is 5.07. The zero-order chi connectivity index (χ0) is 19.6. The number of hydrogen-bond donors (Lipinski definition) is 0. The van der Waals surface area contributed by atoms with Crippen molar-refractivity contribution in [3.05, 3.63) is 73.7 Å². The molecule has 0 saturated heterocycles. The largest absolute Gasteiger partial charge is 0.319 e. The summed E-state index contributed by atoms with van der Waals surface area (Å²) >= 11 is 4.62. The Hall–Kier alpha value is -1.15. The third-order valence-corrected chi connectivity index (χ3v) is 2.39. The van der Waals surface area contributed by atoms with Gasteiger partial charge in [0.15, 0.2) is 0 Å². The third kappa shape index (κ3) is 28.0. The fourth-order valence-corrected chi connectivity index (χ4v) is 1.35. The summed E-state index contributed by atoms with van der Waals surface area (Å²) in [5.41, 5.74) is 0. The van der Waals surface area contributed by atoms with E-state index in [1.165, 1.54) is 19.3 Å². The molecule has 0 bridgehead atoms. The predicted octanol–water partition coefficient (Wildman–Crippen LogP) is 5.33. The minimum absolute atomic E-state index is 0.709. The molecule has 0 unspecified atom stereocenters. The van der Waals surface area contributed by atoms with E-state index in [1.807, 2.05) is 55.5 Å². The molecule has 0 aliphatic carbocycles. The fraction of sp³-hybridized carbons (Fsp3) is 0.350. The normalized spacial score (nSPS) is 7.72. The summed E-state index contributed by atoms with van der Waals surface area (Å²) in [4.78, 5) is 0. The second-order valence-electron chi connectivity index (χ2n) is 4.22. The van der Waals surface area contributed by atoms with E-state index in [2.05, 4.69) is 63.4 Å². The average Bonchev–Trinajstić information content (AvgIpc) is 2.73. The van der Waals surface area contributed by atoms with Crippen molar-refractivity contribution in [2.75, 3.05) is 6.61 Å². The van der Waals surface area contributed by atoms with Gasteiger partial charge >= 0.3 is 39.1 Å². The molecule has 0 aliphatic heterocycles. The van der Waals surface area contributed by atoms with Crippen LogP contribution in [0.5, 0.6) is 5.75 Å². The Labute approximate surface area is 169 Å². The molecular formula is C20H26Co2O3-4. The molecule has 2 aromatic rings. The summed E-state index contributed by atoms with van der Waals surface area (Å²) in [6.45, 7) is 8.60. The summed E-state index contributed by atoms with van der Waals surface area (Å²) in [5.74, 6) is 0.819. The first-order valence-electron chi connectivity index (χ1n) is 7.83. The molecule has 0 N–H and O–H groups in total. The van der Waals surface area contributed by atoms with Crippen molar-refractivity contribution in [2.24, 2.45) is 0 Å². The maximum atomic E-state index is 7.94. The molecule has 0 radical (unpaired) electrons. The van der Waals surface area contributed by atoms with Crippen molar-refractivity contribution in [3.63, 3.8) is 0 Å². The van der Waals surface area contributed by atoms with Crippen LogP contribution < -0.4 is 4.74 Å². The van der Waals surface area contributed by atoms with E-state index in [9.17, 15) is 0 Å². The molecular weight excluding hydrogens is 406 g/mol. The summed E-state index contributed by atoms with van der Waals surface area (Å²) in [7, 11) is 0. The van der Waals surface area contributed by atoms with Crippen molar-refractivity contribution < 1.29 is 43.8 Å². The van der Waals surface area contributed by atoms with Crippen LogP contribution in [-0.2, 0) is 39.1 Å². The maximum Gasteiger partial charge on any atom is -0.288 e. The van der Waals surface area contributed by atoms with Gasteiger partial charge in [-0.3, -0.25) is 24.3 Å². The van der Waals surface area contributed by atoms with Crippen LogP contribution in [0, 0.1) is 25.1 Å². The molecule has 146 valence electrons. The van der Waals surface area contributed by atoms with Crippen molar-refractivity contribution in [1.29, 1.82) is 0 Å². The monoisotopic (exact) mass is 432 g/mol. The quantitative estimate of drug-likeness (QED) is 0.474. The van der Waals surface area contributed by atoms with Crippen LogP contribution in [0.3, 0.4) is 0 Å². The van der Waals surface area contributed by atoms with E-state index < -0.39 is 0 Å². The van der Waals surface area contributed by atoms with Gasteiger partial charge in [-0.15, -0.1) is 12.1 Å². The molecule has 0 atom stereocenters. The van der Waals surface area contributed by atoms with Gasteiger partial charge in [0.25, 0.3) is 0 Å². The van der Waals surface area contributed by atoms with Crippen LogP contribution in [0.1, 0.15) is 39.5 Å². The molecule has 25 heavy (non-hydrogen) atoms. The van der Waals surface area contributed by atoms with Crippen LogP contribution in [0.4, 0.5) is 0 Å². The van der Waals surface area contributed by atoms with E-state index in [1.54, 1.807) is 0 Å². The Morgan fingerprint density at radius 1 is 0.920 bits per heavy atom. The second kappa shape index (κ2) is 30.7. The van der Waals surface area contributed by atoms with Gasteiger partial charge in [0.2, 0.25) is 0 Å². The molecule has 0 amide bonds. The van der Waals surface area contributed by atoms with Gasteiger partial charge in [-0.25, -0.2) is 0 Å². The summed E-state index contributed by atoms with van der Waals surface area (Å²) in [6, 6.07) is 23.5. The molecule has 0 aliphatic rings. The minimum atomic E-state index is 0.709. The van der Waals surface area contributed by atoms with Gasteiger partial charge in [-0.05, 0) is 6.92 Å². The van der Waals surface area contributed by atoms with Gasteiger partial charge in [-0.2, -0.15) is 24.6 Å². The molecule has 0 fully saturated rings. The molecule has 0 saturated carbocycles. The number of benzene rings is 2. The van der Waals surface area contributed by atoms with Gasteiger partial charge in [0.1, 0.15) is 0 Å². The van der Waals surface area contributed by atoms with Gasteiger partial charge in [0.05, 0.1) is 6.61 Å². The van der Waals surface area contributed by atoms with Crippen molar-refractivity contribution in [3.8, 4) is 5.75 Å². The predicted molar refractivity (Wildman–Crippen MR) is 91.4 cm³/mol. The SMILES string of the molecule is CCOc1[c-]cccc1.[CH2-]CCCCC.[O]=[Co].[O]=[Co].[c-]1cc[c-]cc1. The minimum Gasteiger partial charge on any atom is -0.319 e. The van der Waals surface area contributed by atoms with Crippen molar-refractivity contribution >= 4 is 0 Å². The van der Waals surface area contributed by atoms with Gasteiger partial charge in [-0.1, -0.05) is 26.2 Å². The summed E-state index contributed by atoms with van der Waals surface area (Å²) in [5, 5.41) is 0. The van der Waals surface area contributed by atoms with Gasteiger partial charge < -0.3 is 23.8 Å². The average molecular weight is 432 g/mol. The van der Waals surface area contributed by atoms with Crippen molar-refractivity contribution in [1.82, 2.24) is 0 Å². The summed E-state index contributed by atoms with van der Waals surface area (Å²) < 4.78 is 21.0. The molecule has 5 heteroatoms. The zero-order valence-corrected chi connectivity index (χ0v) is 16.8. The van der Waals surface area contributed by atoms with E-state index in [4.69, 9.17) is 12.5 Å². The Morgan fingerprint density at radius 2 is 1.48 bits per heavy atom. The number of hydrogen-bond acceptors (Lipinski definition) is 3. The fourth-order valence-electron chi connectivity index (χ4n) is 1.35. The number of rotatable bonds is 5. The Bertz CT molecular complexity index is 395. The van der Waals surface area contributed by atoms with E-state index in [0.29, 0.717) is 6.61 Å². The van der Waals surface area contributed by atoms with E-state index in [0.717, 1.165) is 12.2 Å². The molecule has 2 rings (SSSR count). The number of unbranched alkanes of at least 4 members (excludes halogenated alkanes) is 3. The topological polar surface area (TPSA) is 43.4 Å². The third-order valence-electron chi connectivity index (χ3n) is 2.39. The molecule has 2 aromatic carbocycles. The van der Waals surface area contributed by atoms with Crippen LogP contribution in [0.15, 0.2) is 48.5 Å². The molecule has 0 heterocycles. The smallest absolute Gasteiger partial charge is 0.288 e. The first-order valence-corrected chi connectivity index (χ1v) is 8.68. The number of para-hydroxylation sites is 1. The van der Waals surface area contributed by atoms with E-state index in [-0.39, 0.29) is 0 Å². The first-order chi connectivity index (χ1) is 12.3. The Kier molecular flexibility index (Phi) is 35.2. The van der Waals surface area contributed by atoms with Gasteiger partial charge in [0, 0.05) is 5.75 Å². The number of ether oxygens (including phenoxy) is 1. The molecule has 0 spiro atoms. The van der Waals surface area contributed by atoms with E-state index >= 15 is 0 Å². The van der Waals surface area contributed by atoms with Crippen LogP contribution >= 0.6 is 0 Å². The standard InChI is InChI=1S/C8H9O.C6H4.C6H13.2Co.2O/c1-2-9-8-6-4-3-5-7-8;1-2-4-6-5-3-1;1-3-5-6-4-2;;;;/h3-6H,2H2,1H3;1-2,5-6H;1,3-6H2,2H3;;;;/q-1;-2;-1;;;;. The zero-order valence-electron chi connectivity index (χ0n) is 14.8. The maximum absolute atomic E-state index is 7.94. The van der Waals surface area contributed by atoms with Crippen LogP contribution in [0.2, 0.25) is 0 Å². The van der Waals surface area contributed by atoms with Crippen LogP contribution in [0.25, 0.3) is 0 Å². The first kappa shape index (κ1) is 28.6. The molecule has 3 nitrogen and oxygen atoms in total. The molecule has 0 aromatic heterocycles. The Balaban J connectivity index is -0.000000270. The van der Waals surface area contributed by atoms with Crippen LogP contribution in [-0.4, -0.2) is 6.61 Å².